The van der Waals surface area contributed by atoms with E-state index in [-0.39, 0.29) is 6.61 Å². The fourth-order valence-corrected chi connectivity index (χ4v) is 1.80. The summed E-state index contributed by atoms with van der Waals surface area (Å²) in [6.45, 7) is 0.485. The Labute approximate surface area is 106 Å². The molecule has 1 aromatic carbocycles. The molecule has 0 saturated carbocycles. The maximum Gasteiger partial charge on any atom is 0.106 e. The summed E-state index contributed by atoms with van der Waals surface area (Å²) in [7, 11) is 1.78. The summed E-state index contributed by atoms with van der Waals surface area (Å²) in [5.41, 5.74) is 1.10. The third-order valence-electron chi connectivity index (χ3n) is 2.62. The molecule has 0 bridgehead atoms. The van der Waals surface area contributed by atoms with Gasteiger partial charge in [-0.3, -0.25) is 0 Å². The van der Waals surface area contributed by atoms with Crippen LogP contribution < -0.4 is 5.32 Å². The van der Waals surface area contributed by atoms with E-state index in [1.165, 1.54) is 0 Å². The molecule has 0 amide bonds. The zero-order chi connectivity index (χ0) is 12.8. The third-order valence-corrected chi connectivity index (χ3v) is 2.96. The molecule has 17 heavy (non-hydrogen) atoms. The van der Waals surface area contributed by atoms with Crippen LogP contribution in [0.25, 0.3) is 0 Å². The summed E-state index contributed by atoms with van der Waals surface area (Å²) in [6, 6.07) is 4.89. The lowest BCUT2D eigenvalue weighted by molar-refractivity contribution is 0.0140. The van der Waals surface area contributed by atoms with Gasteiger partial charge in [-0.25, -0.2) is 0 Å². The van der Waals surface area contributed by atoms with E-state index in [0.29, 0.717) is 29.1 Å². The molecule has 0 aromatic heterocycles. The van der Waals surface area contributed by atoms with Gasteiger partial charge in [-0.1, -0.05) is 17.7 Å². The molecule has 0 aliphatic rings. The first kappa shape index (κ1) is 14.4. The molecule has 0 heterocycles. The van der Waals surface area contributed by atoms with Crippen LogP contribution in [0.2, 0.25) is 5.02 Å². The van der Waals surface area contributed by atoms with Crippen LogP contribution >= 0.6 is 11.6 Å². The molecule has 4 N–H and O–H groups in total. The second-order valence-corrected chi connectivity index (χ2v) is 4.33. The van der Waals surface area contributed by atoms with E-state index in [1.54, 1.807) is 25.2 Å². The molecular weight excluding hydrogens is 242 g/mol. The predicted octanol–water partition coefficient (Wildman–Crippen LogP) is 0.836. The van der Waals surface area contributed by atoms with Gasteiger partial charge in [0, 0.05) is 10.6 Å². The van der Waals surface area contributed by atoms with Gasteiger partial charge in [0.15, 0.2) is 0 Å². The number of aliphatic hydroxyl groups is 3. The summed E-state index contributed by atoms with van der Waals surface area (Å²) in [5, 5.41) is 32.1. The molecule has 2 atom stereocenters. The lowest BCUT2D eigenvalue weighted by Gasteiger charge is -2.19. The molecule has 0 spiro atoms. The van der Waals surface area contributed by atoms with Crippen molar-refractivity contribution in [2.24, 2.45) is 0 Å². The molecule has 0 radical (unpaired) electrons. The van der Waals surface area contributed by atoms with Crippen molar-refractivity contribution in [1.82, 2.24) is 5.32 Å². The molecule has 0 fully saturated rings. The minimum Gasteiger partial charge on any atom is -0.392 e. The molecular formula is C12H18ClNO3. The van der Waals surface area contributed by atoms with Crippen molar-refractivity contribution in [3.63, 3.8) is 0 Å². The number of rotatable bonds is 6. The fourth-order valence-electron chi connectivity index (χ4n) is 1.58. The van der Waals surface area contributed by atoms with Crippen molar-refractivity contribution >= 4 is 11.6 Å². The Balaban J connectivity index is 2.82. The molecule has 0 aliphatic heterocycles. The standard InChI is InChI=1S/C12H18ClNO3/c1-14-5-4-11(16)12(17)9-6-8(7-15)2-3-10(9)13/h2-3,6,11-12,14-17H,4-5,7H2,1H3. The SMILES string of the molecule is CNCCC(O)C(O)c1cc(CO)ccc1Cl. The van der Waals surface area contributed by atoms with Crippen LogP contribution in [0.1, 0.15) is 23.7 Å². The first-order valence-electron chi connectivity index (χ1n) is 5.50. The Morgan fingerprint density at radius 1 is 1.35 bits per heavy atom. The fraction of sp³-hybridized carbons (Fsp3) is 0.500. The normalized spacial score (nSPS) is 14.6. The van der Waals surface area contributed by atoms with E-state index < -0.39 is 12.2 Å². The lowest BCUT2D eigenvalue weighted by Crippen LogP contribution is -2.23. The molecule has 5 heteroatoms. The smallest absolute Gasteiger partial charge is 0.106 e. The Morgan fingerprint density at radius 2 is 2.06 bits per heavy atom. The first-order valence-corrected chi connectivity index (χ1v) is 5.87. The number of hydrogen-bond acceptors (Lipinski definition) is 4. The van der Waals surface area contributed by atoms with Crippen molar-refractivity contribution in [2.45, 2.75) is 25.2 Å². The van der Waals surface area contributed by atoms with Crippen LogP contribution in [-0.2, 0) is 6.61 Å². The summed E-state index contributed by atoms with van der Waals surface area (Å²) in [5.74, 6) is 0. The number of aliphatic hydroxyl groups excluding tert-OH is 3. The zero-order valence-electron chi connectivity index (χ0n) is 9.73. The average molecular weight is 260 g/mol. The molecule has 96 valence electrons. The number of hydrogen-bond donors (Lipinski definition) is 4. The quantitative estimate of drug-likeness (QED) is 0.611. The molecule has 1 rings (SSSR count). The molecule has 0 saturated heterocycles. The zero-order valence-corrected chi connectivity index (χ0v) is 10.5. The highest BCUT2D eigenvalue weighted by atomic mass is 35.5. The van der Waals surface area contributed by atoms with Gasteiger partial charge in [-0.2, -0.15) is 0 Å². The van der Waals surface area contributed by atoms with Crippen molar-refractivity contribution in [3.8, 4) is 0 Å². The van der Waals surface area contributed by atoms with Gasteiger partial charge in [0.05, 0.1) is 12.7 Å². The van der Waals surface area contributed by atoms with Gasteiger partial charge in [-0.05, 0) is 37.7 Å². The summed E-state index contributed by atoms with van der Waals surface area (Å²) >= 11 is 5.96. The maximum absolute atomic E-state index is 9.97. The minimum absolute atomic E-state index is 0.122. The highest BCUT2D eigenvalue weighted by Crippen LogP contribution is 2.27. The van der Waals surface area contributed by atoms with Crippen LogP contribution in [0.3, 0.4) is 0 Å². The van der Waals surface area contributed by atoms with Crippen LogP contribution in [0.15, 0.2) is 18.2 Å². The van der Waals surface area contributed by atoms with Crippen LogP contribution in [-0.4, -0.2) is 35.0 Å². The van der Waals surface area contributed by atoms with Gasteiger partial charge in [-0.15, -0.1) is 0 Å². The Hall–Kier alpha value is -0.650. The monoisotopic (exact) mass is 259 g/mol. The van der Waals surface area contributed by atoms with Gasteiger partial charge < -0.3 is 20.6 Å². The molecule has 2 unspecified atom stereocenters. The highest BCUT2D eigenvalue weighted by Gasteiger charge is 2.20. The maximum atomic E-state index is 9.97. The average Bonchev–Trinajstić information content (AvgIpc) is 2.35. The molecule has 1 aromatic rings. The number of benzene rings is 1. The Kier molecular flexibility index (Phi) is 5.88. The van der Waals surface area contributed by atoms with E-state index >= 15 is 0 Å². The second-order valence-electron chi connectivity index (χ2n) is 3.92. The summed E-state index contributed by atoms with van der Waals surface area (Å²) < 4.78 is 0. The minimum atomic E-state index is -1.04. The van der Waals surface area contributed by atoms with Gasteiger partial charge in [0.1, 0.15) is 6.10 Å². The first-order chi connectivity index (χ1) is 8.10. The van der Waals surface area contributed by atoms with Crippen LogP contribution in [0, 0.1) is 0 Å². The number of nitrogens with one attached hydrogen (secondary N) is 1. The van der Waals surface area contributed by atoms with Gasteiger partial charge >= 0.3 is 0 Å². The van der Waals surface area contributed by atoms with E-state index in [9.17, 15) is 10.2 Å². The predicted molar refractivity (Wildman–Crippen MR) is 66.9 cm³/mol. The van der Waals surface area contributed by atoms with Gasteiger partial charge in [0.2, 0.25) is 0 Å². The largest absolute Gasteiger partial charge is 0.392 e. The Morgan fingerprint density at radius 3 is 2.65 bits per heavy atom. The van der Waals surface area contributed by atoms with Crippen LogP contribution in [0.5, 0.6) is 0 Å². The summed E-state index contributed by atoms with van der Waals surface area (Å²) in [6.07, 6.45) is -1.49. The van der Waals surface area contributed by atoms with Crippen molar-refractivity contribution < 1.29 is 15.3 Å². The third kappa shape index (κ3) is 3.94. The topological polar surface area (TPSA) is 72.7 Å². The lowest BCUT2D eigenvalue weighted by atomic mass is 10.00. The molecule has 4 nitrogen and oxygen atoms in total. The molecule has 0 aliphatic carbocycles. The number of halogens is 1. The van der Waals surface area contributed by atoms with Crippen molar-refractivity contribution in [2.75, 3.05) is 13.6 Å². The van der Waals surface area contributed by atoms with Crippen molar-refractivity contribution in [3.05, 3.63) is 34.3 Å². The van der Waals surface area contributed by atoms with E-state index in [0.717, 1.165) is 0 Å². The van der Waals surface area contributed by atoms with Crippen LogP contribution in [0.4, 0.5) is 0 Å². The van der Waals surface area contributed by atoms with E-state index in [4.69, 9.17) is 16.7 Å². The van der Waals surface area contributed by atoms with Crippen molar-refractivity contribution in [1.29, 1.82) is 0 Å². The van der Waals surface area contributed by atoms with E-state index in [1.807, 2.05) is 0 Å². The highest BCUT2D eigenvalue weighted by molar-refractivity contribution is 6.31. The summed E-state index contributed by atoms with van der Waals surface area (Å²) in [4.78, 5) is 0. The Bertz CT molecular complexity index is 360. The van der Waals surface area contributed by atoms with E-state index in [2.05, 4.69) is 5.32 Å². The van der Waals surface area contributed by atoms with Gasteiger partial charge in [0.25, 0.3) is 0 Å². The second kappa shape index (κ2) is 6.93.